The number of hydrogen-bond acceptors (Lipinski definition) is 5. The zero-order chi connectivity index (χ0) is 18.4. The highest BCUT2D eigenvalue weighted by molar-refractivity contribution is 5.79. The Morgan fingerprint density at radius 3 is 2.08 bits per heavy atom. The largest absolute Gasteiger partial charge is 0.378 e. The van der Waals surface area contributed by atoms with Gasteiger partial charge in [-0.15, -0.1) is 0 Å². The molecule has 2 saturated heterocycles. The number of ether oxygens (including phenoxy) is 1. The Kier molecular flexibility index (Phi) is 7.28. The molecule has 3 fully saturated rings. The molecule has 7 nitrogen and oxygen atoms in total. The van der Waals surface area contributed by atoms with Crippen LogP contribution in [0.4, 0.5) is 0 Å². The summed E-state index contributed by atoms with van der Waals surface area (Å²) in [5, 5.41) is 3.21. The summed E-state index contributed by atoms with van der Waals surface area (Å²) >= 11 is 0. The summed E-state index contributed by atoms with van der Waals surface area (Å²) in [6.45, 7) is 9.38. The Balaban J connectivity index is 1.31. The summed E-state index contributed by atoms with van der Waals surface area (Å²) in [4.78, 5) is 30.9. The van der Waals surface area contributed by atoms with E-state index in [1.54, 1.807) is 0 Å². The number of hydrogen-bond donors (Lipinski definition) is 1. The van der Waals surface area contributed by atoms with Gasteiger partial charge in [0.15, 0.2) is 0 Å². The molecule has 0 spiro atoms. The fraction of sp³-hybridized carbons (Fsp3) is 0.895. The highest BCUT2D eigenvalue weighted by Crippen LogP contribution is 2.23. The molecular weight excluding hydrogens is 332 g/mol. The van der Waals surface area contributed by atoms with Crippen LogP contribution in [0.1, 0.15) is 32.6 Å². The van der Waals surface area contributed by atoms with Gasteiger partial charge in [0.2, 0.25) is 11.8 Å². The first kappa shape index (κ1) is 19.6. The maximum Gasteiger partial charge on any atom is 0.236 e. The van der Waals surface area contributed by atoms with Crippen molar-refractivity contribution in [1.29, 1.82) is 0 Å². The van der Waals surface area contributed by atoms with E-state index in [0.717, 1.165) is 44.9 Å². The normalized spacial score (nSPS) is 28.7. The molecule has 2 amide bonds. The second kappa shape index (κ2) is 9.67. The van der Waals surface area contributed by atoms with Crippen molar-refractivity contribution < 1.29 is 14.3 Å². The molecule has 3 aliphatic rings. The average molecular weight is 367 g/mol. The number of nitrogens with one attached hydrogen (secondary N) is 1. The maximum atomic E-state index is 12.3. The molecule has 0 unspecified atom stereocenters. The maximum absolute atomic E-state index is 12.3. The first-order chi connectivity index (χ1) is 12.6. The van der Waals surface area contributed by atoms with Crippen molar-refractivity contribution in [2.24, 2.45) is 5.92 Å². The molecule has 1 N–H and O–H groups in total. The number of piperazine rings is 1. The lowest BCUT2D eigenvalue weighted by molar-refractivity contribution is -0.137. The van der Waals surface area contributed by atoms with E-state index in [-0.39, 0.29) is 11.8 Å². The standard InChI is InChI=1S/C19H34N4O3/c1-16-2-4-17(5-3-16)20-18(24)14-21-6-8-22(9-7-21)15-19(25)23-10-12-26-13-11-23/h16-17H,2-15H2,1H3,(H,20,24). The first-order valence-corrected chi connectivity index (χ1v) is 10.2. The molecule has 0 aromatic heterocycles. The Morgan fingerprint density at radius 2 is 1.46 bits per heavy atom. The van der Waals surface area contributed by atoms with Gasteiger partial charge in [0.1, 0.15) is 0 Å². The summed E-state index contributed by atoms with van der Waals surface area (Å²) in [7, 11) is 0. The quantitative estimate of drug-likeness (QED) is 0.751. The van der Waals surface area contributed by atoms with Gasteiger partial charge in [-0.3, -0.25) is 19.4 Å². The van der Waals surface area contributed by atoms with E-state index in [2.05, 4.69) is 22.0 Å². The third-order valence-corrected chi connectivity index (χ3v) is 5.94. The van der Waals surface area contributed by atoms with Crippen LogP contribution in [-0.2, 0) is 14.3 Å². The van der Waals surface area contributed by atoms with Crippen LogP contribution in [-0.4, -0.2) is 98.1 Å². The van der Waals surface area contributed by atoms with Crippen LogP contribution in [0.3, 0.4) is 0 Å². The molecular formula is C19H34N4O3. The van der Waals surface area contributed by atoms with E-state index >= 15 is 0 Å². The molecule has 0 atom stereocenters. The average Bonchev–Trinajstić information content (AvgIpc) is 2.66. The van der Waals surface area contributed by atoms with Crippen LogP contribution in [0.5, 0.6) is 0 Å². The van der Waals surface area contributed by atoms with Crippen LogP contribution < -0.4 is 5.32 Å². The van der Waals surface area contributed by atoms with E-state index in [4.69, 9.17) is 4.74 Å². The minimum atomic E-state index is 0.155. The van der Waals surface area contributed by atoms with Gasteiger partial charge in [0, 0.05) is 45.3 Å². The Morgan fingerprint density at radius 1 is 0.885 bits per heavy atom. The SMILES string of the molecule is CC1CCC(NC(=O)CN2CCN(CC(=O)N3CCOCC3)CC2)CC1. The lowest BCUT2D eigenvalue weighted by Crippen LogP contribution is -2.53. The molecule has 2 heterocycles. The molecule has 148 valence electrons. The summed E-state index contributed by atoms with van der Waals surface area (Å²) in [6, 6.07) is 0.367. The van der Waals surface area contributed by atoms with Gasteiger partial charge >= 0.3 is 0 Å². The third kappa shape index (κ3) is 5.93. The Bertz CT molecular complexity index is 465. The molecule has 0 bridgehead atoms. The van der Waals surface area contributed by atoms with Crippen LogP contribution in [0.2, 0.25) is 0 Å². The molecule has 1 saturated carbocycles. The Hall–Kier alpha value is -1.18. The molecule has 26 heavy (non-hydrogen) atoms. The highest BCUT2D eigenvalue weighted by atomic mass is 16.5. The number of amides is 2. The van der Waals surface area contributed by atoms with Gasteiger partial charge in [0.25, 0.3) is 0 Å². The van der Waals surface area contributed by atoms with Crippen LogP contribution in [0, 0.1) is 5.92 Å². The minimum absolute atomic E-state index is 0.155. The van der Waals surface area contributed by atoms with Crippen LogP contribution in [0.25, 0.3) is 0 Å². The fourth-order valence-electron chi connectivity index (χ4n) is 4.09. The smallest absolute Gasteiger partial charge is 0.236 e. The zero-order valence-corrected chi connectivity index (χ0v) is 16.1. The van der Waals surface area contributed by atoms with Crippen molar-refractivity contribution in [3.05, 3.63) is 0 Å². The van der Waals surface area contributed by atoms with Gasteiger partial charge in [-0.1, -0.05) is 6.92 Å². The lowest BCUT2D eigenvalue weighted by atomic mass is 9.87. The number of rotatable bonds is 5. The predicted octanol–water partition coefficient (Wildman–Crippen LogP) is 0.158. The number of morpholine rings is 1. The predicted molar refractivity (Wildman–Crippen MR) is 99.8 cm³/mol. The van der Waals surface area contributed by atoms with Crippen molar-refractivity contribution in [2.75, 3.05) is 65.6 Å². The minimum Gasteiger partial charge on any atom is -0.378 e. The van der Waals surface area contributed by atoms with Gasteiger partial charge in [-0.25, -0.2) is 0 Å². The van der Waals surface area contributed by atoms with E-state index in [9.17, 15) is 9.59 Å². The summed E-state index contributed by atoms with van der Waals surface area (Å²) < 4.78 is 5.30. The second-order valence-corrected chi connectivity index (χ2v) is 8.07. The highest BCUT2D eigenvalue weighted by Gasteiger charge is 2.25. The number of carbonyl (C=O) groups excluding carboxylic acids is 2. The summed E-state index contributed by atoms with van der Waals surface area (Å²) in [5.41, 5.74) is 0. The van der Waals surface area contributed by atoms with Crippen molar-refractivity contribution >= 4 is 11.8 Å². The van der Waals surface area contributed by atoms with Gasteiger partial charge in [-0.2, -0.15) is 0 Å². The lowest BCUT2D eigenvalue weighted by Gasteiger charge is -2.36. The summed E-state index contributed by atoms with van der Waals surface area (Å²) in [6.07, 6.45) is 4.68. The Labute approximate surface area is 157 Å². The topological polar surface area (TPSA) is 65.1 Å². The molecule has 7 heteroatoms. The fourth-order valence-corrected chi connectivity index (χ4v) is 4.09. The first-order valence-electron chi connectivity index (χ1n) is 10.2. The van der Waals surface area contributed by atoms with Crippen LogP contribution >= 0.6 is 0 Å². The summed E-state index contributed by atoms with van der Waals surface area (Å²) in [5.74, 6) is 1.16. The molecule has 1 aliphatic carbocycles. The van der Waals surface area contributed by atoms with E-state index in [1.807, 2.05) is 4.90 Å². The van der Waals surface area contributed by atoms with E-state index in [0.29, 0.717) is 45.4 Å². The van der Waals surface area contributed by atoms with Crippen LogP contribution in [0.15, 0.2) is 0 Å². The second-order valence-electron chi connectivity index (χ2n) is 8.07. The third-order valence-electron chi connectivity index (χ3n) is 5.94. The molecule has 0 aromatic rings. The number of carbonyl (C=O) groups is 2. The molecule has 3 rings (SSSR count). The molecule has 2 aliphatic heterocycles. The van der Waals surface area contributed by atoms with Crippen molar-refractivity contribution in [3.63, 3.8) is 0 Å². The number of nitrogens with zero attached hydrogens (tertiary/aromatic N) is 3. The van der Waals surface area contributed by atoms with E-state index < -0.39 is 0 Å². The van der Waals surface area contributed by atoms with Gasteiger partial charge in [-0.05, 0) is 31.6 Å². The van der Waals surface area contributed by atoms with Gasteiger partial charge < -0.3 is 15.0 Å². The molecule has 0 radical (unpaired) electrons. The van der Waals surface area contributed by atoms with Crippen molar-refractivity contribution in [2.45, 2.75) is 38.6 Å². The van der Waals surface area contributed by atoms with Gasteiger partial charge in [0.05, 0.1) is 26.3 Å². The monoisotopic (exact) mass is 366 g/mol. The molecule has 0 aromatic carbocycles. The zero-order valence-electron chi connectivity index (χ0n) is 16.1. The van der Waals surface area contributed by atoms with E-state index in [1.165, 1.54) is 12.8 Å². The van der Waals surface area contributed by atoms with Crippen molar-refractivity contribution in [3.8, 4) is 0 Å². The van der Waals surface area contributed by atoms with Crippen molar-refractivity contribution in [1.82, 2.24) is 20.0 Å².